The molecule has 2 aromatic rings. The van der Waals surface area contributed by atoms with Gasteiger partial charge in [-0.1, -0.05) is 12.1 Å². The maximum absolute atomic E-state index is 12.8. The van der Waals surface area contributed by atoms with Crippen LogP contribution in [0.5, 0.6) is 0 Å². The first-order valence-electron chi connectivity index (χ1n) is 8.21. The van der Waals surface area contributed by atoms with Crippen LogP contribution in [-0.4, -0.2) is 47.4 Å². The van der Waals surface area contributed by atoms with Gasteiger partial charge in [0.15, 0.2) is 11.2 Å². The van der Waals surface area contributed by atoms with Crippen molar-refractivity contribution in [2.24, 2.45) is 0 Å². The molecule has 1 aromatic carbocycles. The first-order valence-corrected chi connectivity index (χ1v) is 8.21. The third kappa shape index (κ3) is 2.65. The second-order valence-electron chi connectivity index (χ2n) is 6.54. The Kier molecular flexibility index (Phi) is 3.45. The Hall–Kier alpha value is -2.14. The van der Waals surface area contributed by atoms with Gasteiger partial charge >= 0.3 is 0 Å². The molecule has 0 N–H and O–H groups in total. The van der Waals surface area contributed by atoms with Crippen LogP contribution >= 0.6 is 0 Å². The smallest absolute Gasteiger partial charge is 0.290 e. The molecule has 0 radical (unpaired) electrons. The average Bonchev–Trinajstić information content (AvgIpc) is 3.39. The normalized spacial score (nSPS) is 22.5. The quantitative estimate of drug-likeness (QED) is 0.852. The fraction of sp³-hybridized carbons (Fsp3) is 0.444. The van der Waals surface area contributed by atoms with Crippen molar-refractivity contribution in [3.63, 3.8) is 0 Å². The molecule has 4 rings (SSSR count). The monoisotopic (exact) mass is 312 g/mol. The van der Waals surface area contributed by atoms with E-state index in [-0.39, 0.29) is 23.1 Å². The van der Waals surface area contributed by atoms with Gasteiger partial charge in [-0.2, -0.15) is 0 Å². The van der Waals surface area contributed by atoms with Crippen molar-refractivity contribution in [3.8, 4) is 0 Å². The summed E-state index contributed by atoms with van der Waals surface area (Å²) in [5.41, 5.74) is 0.298. The topological polar surface area (TPSA) is 53.8 Å². The van der Waals surface area contributed by atoms with Gasteiger partial charge < -0.3 is 9.32 Å². The fourth-order valence-corrected chi connectivity index (χ4v) is 3.41. The molecule has 23 heavy (non-hydrogen) atoms. The van der Waals surface area contributed by atoms with Gasteiger partial charge in [0, 0.05) is 37.8 Å². The molecule has 1 unspecified atom stereocenters. The lowest BCUT2D eigenvalue weighted by Gasteiger charge is -2.39. The van der Waals surface area contributed by atoms with E-state index in [0.29, 0.717) is 23.6 Å². The van der Waals surface area contributed by atoms with Crippen LogP contribution in [0.25, 0.3) is 11.0 Å². The molecule has 2 aliphatic rings. The number of amides is 1. The van der Waals surface area contributed by atoms with Crippen molar-refractivity contribution >= 4 is 16.9 Å². The number of hydrogen-bond acceptors (Lipinski definition) is 4. The third-order valence-electron chi connectivity index (χ3n) is 4.83. The van der Waals surface area contributed by atoms with Gasteiger partial charge in [-0.25, -0.2) is 0 Å². The number of benzene rings is 1. The molecule has 1 aromatic heterocycles. The lowest BCUT2D eigenvalue weighted by atomic mass is 10.1. The highest BCUT2D eigenvalue weighted by molar-refractivity contribution is 5.93. The highest BCUT2D eigenvalue weighted by atomic mass is 16.3. The summed E-state index contributed by atoms with van der Waals surface area (Å²) in [6.07, 6.45) is 2.56. The van der Waals surface area contributed by atoms with Gasteiger partial charge in [0.05, 0.1) is 5.39 Å². The van der Waals surface area contributed by atoms with E-state index < -0.39 is 0 Å². The van der Waals surface area contributed by atoms with Crippen molar-refractivity contribution < 1.29 is 9.21 Å². The zero-order valence-corrected chi connectivity index (χ0v) is 13.2. The van der Waals surface area contributed by atoms with Crippen LogP contribution < -0.4 is 5.43 Å². The lowest BCUT2D eigenvalue weighted by molar-refractivity contribution is 0.0445. The van der Waals surface area contributed by atoms with Gasteiger partial charge in [-0.05, 0) is 31.9 Å². The molecular formula is C18H20N2O3. The number of carbonyl (C=O) groups excluding carboxylic acids is 1. The van der Waals surface area contributed by atoms with Crippen LogP contribution in [0.1, 0.15) is 30.3 Å². The molecule has 1 amide bonds. The molecule has 1 saturated carbocycles. The van der Waals surface area contributed by atoms with E-state index in [2.05, 4.69) is 11.8 Å². The Bertz CT molecular complexity index is 809. The number of piperazine rings is 1. The molecule has 120 valence electrons. The van der Waals surface area contributed by atoms with Crippen LogP contribution in [0, 0.1) is 0 Å². The standard InChI is InChI=1S/C18H20N2O3/c1-12-11-19(13-6-7-13)8-9-20(12)18(22)17-10-15(21)14-4-2-3-5-16(14)23-17/h2-5,10,12-13H,6-9,11H2,1H3. The predicted octanol–water partition coefficient (Wildman–Crippen LogP) is 2.10. The minimum atomic E-state index is -0.184. The van der Waals surface area contributed by atoms with Crippen LogP contribution in [0.4, 0.5) is 0 Å². The van der Waals surface area contributed by atoms with E-state index in [1.54, 1.807) is 24.3 Å². The van der Waals surface area contributed by atoms with Crippen molar-refractivity contribution in [2.45, 2.75) is 31.8 Å². The van der Waals surface area contributed by atoms with E-state index in [4.69, 9.17) is 4.42 Å². The number of nitrogens with zero attached hydrogens (tertiary/aromatic N) is 2. The number of para-hydroxylation sites is 1. The maximum atomic E-state index is 12.8. The van der Waals surface area contributed by atoms with E-state index in [1.807, 2.05) is 4.90 Å². The summed E-state index contributed by atoms with van der Waals surface area (Å²) in [6, 6.07) is 9.21. The fourth-order valence-electron chi connectivity index (χ4n) is 3.41. The molecule has 0 bridgehead atoms. The summed E-state index contributed by atoms with van der Waals surface area (Å²) in [7, 11) is 0. The summed E-state index contributed by atoms with van der Waals surface area (Å²) in [5.74, 6) is -0.0452. The summed E-state index contributed by atoms with van der Waals surface area (Å²) in [4.78, 5) is 29.2. The summed E-state index contributed by atoms with van der Waals surface area (Å²) in [6.45, 7) is 4.55. The molecule has 0 spiro atoms. The van der Waals surface area contributed by atoms with Crippen LogP contribution in [0.15, 0.2) is 39.5 Å². The van der Waals surface area contributed by atoms with E-state index >= 15 is 0 Å². The first kappa shape index (κ1) is 14.5. The van der Waals surface area contributed by atoms with Crippen molar-refractivity contribution in [1.29, 1.82) is 0 Å². The van der Waals surface area contributed by atoms with Gasteiger partial charge in [0.2, 0.25) is 0 Å². The number of carbonyl (C=O) groups is 1. The van der Waals surface area contributed by atoms with Crippen LogP contribution in [0.3, 0.4) is 0 Å². The highest BCUT2D eigenvalue weighted by Gasteiger charge is 2.36. The maximum Gasteiger partial charge on any atom is 0.290 e. The van der Waals surface area contributed by atoms with Crippen molar-refractivity contribution in [2.75, 3.05) is 19.6 Å². The zero-order chi connectivity index (χ0) is 16.0. The minimum Gasteiger partial charge on any atom is -0.451 e. The number of hydrogen-bond donors (Lipinski definition) is 0. The molecule has 1 saturated heterocycles. The Morgan fingerprint density at radius 1 is 1.22 bits per heavy atom. The zero-order valence-electron chi connectivity index (χ0n) is 13.2. The second-order valence-corrected chi connectivity index (χ2v) is 6.54. The van der Waals surface area contributed by atoms with Crippen LogP contribution in [0.2, 0.25) is 0 Å². The molecule has 1 atom stereocenters. The summed E-state index contributed by atoms with van der Waals surface area (Å²) >= 11 is 0. The van der Waals surface area contributed by atoms with Gasteiger partial charge in [0.1, 0.15) is 5.58 Å². The molecular weight excluding hydrogens is 292 g/mol. The molecule has 5 heteroatoms. The number of rotatable bonds is 2. The SMILES string of the molecule is CC1CN(C2CC2)CCN1C(=O)c1cc(=O)c2ccccc2o1. The van der Waals surface area contributed by atoms with Gasteiger partial charge in [0.25, 0.3) is 5.91 Å². The first-order chi connectivity index (χ1) is 11.1. The average molecular weight is 312 g/mol. The van der Waals surface area contributed by atoms with E-state index in [0.717, 1.165) is 13.1 Å². The van der Waals surface area contributed by atoms with Crippen LogP contribution in [-0.2, 0) is 0 Å². The molecule has 2 fully saturated rings. The number of fused-ring (bicyclic) bond motifs is 1. The predicted molar refractivity (Wildman–Crippen MR) is 87.6 cm³/mol. The largest absolute Gasteiger partial charge is 0.451 e. The van der Waals surface area contributed by atoms with Crippen molar-refractivity contribution in [1.82, 2.24) is 9.80 Å². The summed E-state index contributed by atoms with van der Waals surface area (Å²) < 4.78 is 5.69. The highest BCUT2D eigenvalue weighted by Crippen LogP contribution is 2.29. The summed E-state index contributed by atoms with van der Waals surface area (Å²) in [5, 5.41) is 0.510. The minimum absolute atomic E-state index is 0.133. The third-order valence-corrected chi connectivity index (χ3v) is 4.83. The van der Waals surface area contributed by atoms with Crippen molar-refractivity contribution in [3.05, 3.63) is 46.3 Å². The van der Waals surface area contributed by atoms with E-state index in [9.17, 15) is 9.59 Å². The second kappa shape index (κ2) is 5.49. The van der Waals surface area contributed by atoms with Gasteiger partial charge in [-0.3, -0.25) is 14.5 Å². The Morgan fingerprint density at radius 2 is 2.00 bits per heavy atom. The van der Waals surface area contributed by atoms with Gasteiger partial charge in [-0.15, -0.1) is 0 Å². The van der Waals surface area contributed by atoms with E-state index in [1.165, 1.54) is 18.9 Å². The Morgan fingerprint density at radius 3 is 2.74 bits per heavy atom. The molecule has 5 nitrogen and oxygen atoms in total. The Balaban J connectivity index is 1.60. The molecule has 1 aliphatic heterocycles. The molecule has 2 heterocycles. The Labute approximate surface area is 134 Å². The lowest BCUT2D eigenvalue weighted by Crippen LogP contribution is -2.54. The molecule has 1 aliphatic carbocycles.